The number of rotatable bonds is 10. The van der Waals surface area contributed by atoms with Crippen molar-refractivity contribution >= 4 is 12.2 Å². The van der Waals surface area contributed by atoms with E-state index in [4.69, 9.17) is 10.2 Å². The van der Waals surface area contributed by atoms with Crippen molar-refractivity contribution in [3.8, 4) is 0 Å². The van der Waals surface area contributed by atoms with E-state index < -0.39 is 0 Å². The predicted octanol–water partition coefficient (Wildman–Crippen LogP) is 6.31. The summed E-state index contributed by atoms with van der Waals surface area (Å²) < 4.78 is 0. The topological polar surface area (TPSA) is 66.2 Å². The van der Waals surface area contributed by atoms with Crippen LogP contribution in [0.15, 0.2) is 48.8 Å². The van der Waals surface area contributed by atoms with Crippen LogP contribution in [0.25, 0.3) is 12.2 Å². The molecule has 2 aromatic heterocycles. The summed E-state index contributed by atoms with van der Waals surface area (Å²) in [7, 11) is 0. The molecule has 4 nitrogen and oxygen atoms in total. The van der Waals surface area contributed by atoms with Gasteiger partial charge in [0.1, 0.15) is 0 Å². The second-order valence-electron chi connectivity index (χ2n) is 7.35. The number of pyridine rings is 2. The van der Waals surface area contributed by atoms with Gasteiger partial charge in [-0.3, -0.25) is 12.2 Å². The Balaban J connectivity index is 0. The smallest absolute Gasteiger partial charge is 0.0536 e. The molecule has 5 heteroatoms. The van der Waals surface area contributed by atoms with Gasteiger partial charge >= 0.3 is 0 Å². The van der Waals surface area contributed by atoms with Gasteiger partial charge in [-0.05, 0) is 32.4 Å². The number of aliphatic hydroxyl groups excluding tert-OH is 2. The maximum absolute atomic E-state index is 8.56. The summed E-state index contributed by atoms with van der Waals surface area (Å²) in [6.07, 6.45) is 20.6. The summed E-state index contributed by atoms with van der Waals surface area (Å²) in [5.41, 5.74) is 1.99. The standard InChI is InChI=1S/2C11H14N.C5H12O2.Ir/c2*1-2-3-4-5-8-11-9-6-7-10-12-11;1-4(6)3-5(2)7;/h2*6-10H,2-4H2,1H3;4-7H,3H2,1-2H3;/q2*-1;;. The Morgan fingerprint density at radius 3 is 1.44 bits per heavy atom. The number of aromatic nitrogens is 2. The number of hydrogen-bond acceptors (Lipinski definition) is 4. The molecule has 0 aliphatic heterocycles. The van der Waals surface area contributed by atoms with Gasteiger partial charge in [0.2, 0.25) is 0 Å². The van der Waals surface area contributed by atoms with Crippen LogP contribution in [0.5, 0.6) is 0 Å². The van der Waals surface area contributed by atoms with Crippen molar-refractivity contribution in [2.45, 2.75) is 84.8 Å². The van der Waals surface area contributed by atoms with Crippen LogP contribution in [-0.2, 0) is 20.1 Å². The first-order chi connectivity index (χ1) is 15.0. The molecule has 0 spiro atoms. The molecule has 0 saturated heterocycles. The zero-order valence-corrected chi connectivity index (χ0v) is 22.4. The minimum absolute atomic E-state index is 0. The number of aliphatic hydroxyl groups is 2. The van der Waals surface area contributed by atoms with Crippen molar-refractivity contribution in [1.29, 1.82) is 0 Å². The van der Waals surface area contributed by atoms with Crippen molar-refractivity contribution in [3.05, 3.63) is 72.3 Å². The van der Waals surface area contributed by atoms with Crippen LogP contribution in [0.1, 0.15) is 84.0 Å². The SMILES string of the molecule is CC(O)CC(C)O.CCCC[C-]=Cc1ccccn1.CCCC[C-]=Cc1ccccn1.[Ir]. The fourth-order valence-electron chi connectivity index (χ4n) is 2.33. The van der Waals surface area contributed by atoms with Gasteiger partial charge in [-0.25, -0.2) is 12.2 Å². The molecule has 0 aliphatic rings. The molecular formula is C27H40IrN2O2-2. The second kappa shape index (κ2) is 24.0. The first-order valence-electron chi connectivity index (χ1n) is 11.3. The molecule has 2 aromatic rings. The number of allylic oxidation sites excluding steroid dienone is 2. The van der Waals surface area contributed by atoms with E-state index in [0.29, 0.717) is 6.42 Å². The molecule has 0 fully saturated rings. The van der Waals surface area contributed by atoms with E-state index in [9.17, 15) is 0 Å². The third-order valence-electron chi connectivity index (χ3n) is 3.91. The van der Waals surface area contributed by atoms with Crippen LogP contribution in [0, 0.1) is 12.2 Å². The van der Waals surface area contributed by atoms with Gasteiger partial charge in [0, 0.05) is 32.5 Å². The van der Waals surface area contributed by atoms with Gasteiger partial charge in [0.25, 0.3) is 0 Å². The Morgan fingerprint density at radius 1 is 0.781 bits per heavy atom. The van der Waals surface area contributed by atoms with E-state index in [1.807, 2.05) is 48.6 Å². The minimum Gasteiger partial charge on any atom is -0.393 e. The molecule has 2 atom stereocenters. The maximum atomic E-state index is 8.56. The van der Waals surface area contributed by atoms with Crippen LogP contribution in [-0.4, -0.2) is 32.4 Å². The largest absolute Gasteiger partial charge is 0.393 e. The molecule has 2 heterocycles. The third kappa shape index (κ3) is 23.0. The molecule has 2 rings (SSSR count). The van der Waals surface area contributed by atoms with Gasteiger partial charge in [0.05, 0.1) is 12.2 Å². The Bertz CT molecular complexity index is 615. The number of hydrogen-bond donors (Lipinski definition) is 2. The molecule has 2 N–H and O–H groups in total. The average Bonchev–Trinajstić information content (AvgIpc) is 2.76. The number of nitrogens with zero attached hydrogens (tertiary/aromatic N) is 2. The third-order valence-corrected chi connectivity index (χ3v) is 3.91. The molecule has 181 valence electrons. The molecular weight excluding hydrogens is 577 g/mol. The Labute approximate surface area is 209 Å². The van der Waals surface area contributed by atoms with Gasteiger partial charge in [-0.2, -0.15) is 0 Å². The van der Waals surface area contributed by atoms with E-state index in [0.717, 1.165) is 24.2 Å². The quantitative estimate of drug-likeness (QED) is 0.243. The zero-order chi connectivity index (χ0) is 23.2. The Kier molecular flexibility index (Phi) is 24.4. The molecule has 0 bridgehead atoms. The van der Waals surface area contributed by atoms with Crippen molar-refractivity contribution in [3.63, 3.8) is 0 Å². The van der Waals surface area contributed by atoms with Gasteiger partial charge in [-0.15, -0.1) is 25.0 Å². The zero-order valence-electron chi connectivity index (χ0n) is 20.0. The average molecular weight is 617 g/mol. The summed E-state index contributed by atoms with van der Waals surface area (Å²) in [4.78, 5) is 8.32. The fourth-order valence-corrected chi connectivity index (χ4v) is 2.33. The van der Waals surface area contributed by atoms with E-state index >= 15 is 0 Å². The van der Waals surface area contributed by atoms with Crippen molar-refractivity contribution in [1.82, 2.24) is 9.97 Å². The van der Waals surface area contributed by atoms with Crippen LogP contribution in [0.2, 0.25) is 0 Å². The van der Waals surface area contributed by atoms with Gasteiger partial charge in [0.15, 0.2) is 0 Å². The van der Waals surface area contributed by atoms with Crippen LogP contribution in [0.4, 0.5) is 0 Å². The first-order valence-corrected chi connectivity index (χ1v) is 11.3. The maximum Gasteiger partial charge on any atom is 0.0536 e. The normalized spacial score (nSPS) is 12.2. The summed E-state index contributed by atoms with van der Waals surface area (Å²) in [5.74, 6) is 0. The van der Waals surface area contributed by atoms with Gasteiger partial charge in [-0.1, -0.05) is 63.1 Å². The minimum atomic E-state index is -0.375. The Morgan fingerprint density at radius 2 is 1.19 bits per heavy atom. The second-order valence-corrected chi connectivity index (χ2v) is 7.35. The molecule has 0 saturated carbocycles. The summed E-state index contributed by atoms with van der Waals surface area (Å²) in [6, 6.07) is 11.8. The molecule has 1 radical (unpaired) electrons. The monoisotopic (exact) mass is 617 g/mol. The molecule has 0 aliphatic carbocycles. The first kappa shape index (κ1) is 32.5. The molecule has 2 unspecified atom stereocenters. The summed E-state index contributed by atoms with van der Waals surface area (Å²) in [5, 5.41) is 17.1. The summed E-state index contributed by atoms with van der Waals surface area (Å²) in [6.45, 7) is 7.68. The van der Waals surface area contributed by atoms with E-state index in [1.165, 1.54) is 25.7 Å². The van der Waals surface area contributed by atoms with Crippen LogP contribution >= 0.6 is 0 Å². The molecule has 0 aromatic carbocycles. The Hall–Kier alpha value is -1.65. The van der Waals surface area contributed by atoms with E-state index in [2.05, 4.69) is 36.0 Å². The van der Waals surface area contributed by atoms with Crippen LogP contribution < -0.4 is 0 Å². The van der Waals surface area contributed by atoms with Crippen LogP contribution in [0.3, 0.4) is 0 Å². The fraction of sp³-hybridized carbons (Fsp3) is 0.481. The van der Waals surface area contributed by atoms with E-state index in [1.54, 1.807) is 26.2 Å². The van der Waals surface area contributed by atoms with Gasteiger partial charge < -0.3 is 20.2 Å². The van der Waals surface area contributed by atoms with Crippen molar-refractivity contribution in [2.75, 3.05) is 0 Å². The number of unbranched alkanes of at least 4 members (excludes halogenated alkanes) is 4. The molecule has 0 amide bonds. The summed E-state index contributed by atoms with van der Waals surface area (Å²) >= 11 is 0. The van der Waals surface area contributed by atoms with Crippen molar-refractivity contribution in [2.24, 2.45) is 0 Å². The molecule has 32 heavy (non-hydrogen) atoms. The van der Waals surface area contributed by atoms with E-state index in [-0.39, 0.29) is 32.3 Å². The van der Waals surface area contributed by atoms with Crippen molar-refractivity contribution < 1.29 is 30.3 Å². The predicted molar refractivity (Wildman–Crippen MR) is 131 cm³/mol.